The molecule has 1 saturated heterocycles. The fourth-order valence-electron chi connectivity index (χ4n) is 2.38. The van der Waals surface area contributed by atoms with Crippen molar-refractivity contribution >= 4 is 22.6 Å². The van der Waals surface area contributed by atoms with Crippen LogP contribution < -0.4 is 5.73 Å². The Morgan fingerprint density at radius 2 is 2.17 bits per heavy atom. The average molecular weight is 241 g/mol. The Kier molecular flexibility index (Phi) is 2.63. The Morgan fingerprint density at radius 1 is 1.28 bits per heavy atom. The van der Waals surface area contributed by atoms with Crippen molar-refractivity contribution in [1.29, 1.82) is 0 Å². The molecule has 0 aliphatic carbocycles. The molecule has 2 heterocycles. The van der Waals surface area contributed by atoms with Gasteiger partial charge in [-0.2, -0.15) is 0 Å². The first kappa shape index (κ1) is 11.0. The molecule has 1 fully saturated rings. The van der Waals surface area contributed by atoms with Crippen LogP contribution >= 0.6 is 0 Å². The van der Waals surface area contributed by atoms with E-state index in [0.717, 1.165) is 29.4 Å². The Balaban J connectivity index is 1.89. The molecular formula is C14H15N3O. The molecule has 4 nitrogen and oxygen atoms in total. The summed E-state index contributed by atoms with van der Waals surface area (Å²) in [6.45, 7) is 1.57. The van der Waals surface area contributed by atoms with Crippen molar-refractivity contribution in [2.75, 3.05) is 12.3 Å². The van der Waals surface area contributed by atoms with Gasteiger partial charge in [0, 0.05) is 24.9 Å². The van der Waals surface area contributed by atoms with Gasteiger partial charge in [0.25, 0.3) is 0 Å². The molecule has 0 atom stereocenters. The molecule has 1 aromatic heterocycles. The monoisotopic (exact) mass is 241 g/mol. The minimum absolute atomic E-state index is 0.255. The number of nitrogens with two attached hydrogens (primary N) is 1. The fraction of sp³-hybridized carbons (Fsp3) is 0.286. The van der Waals surface area contributed by atoms with Crippen LogP contribution in [0.3, 0.4) is 0 Å². The first-order valence-corrected chi connectivity index (χ1v) is 6.15. The smallest absolute Gasteiger partial charge is 0.222 e. The molecule has 0 radical (unpaired) electrons. The normalized spacial score (nSPS) is 15.6. The fourth-order valence-corrected chi connectivity index (χ4v) is 2.38. The number of aromatic nitrogens is 1. The van der Waals surface area contributed by atoms with E-state index in [-0.39, 0.29) is 5.91 Å². The number of likely N-dealkylation sites (tertiary alicyclic amines) is 1. The summed E-state index contributed by atoms with van der Waals surface area (Å²) in [7, 11) is 0. The van der Waals surface area contributed by atoms with Crippen LogP contribution in [0, 0.1) is 0 Å². The number of benzene rings is 1. The van der Waals surface area contributed by atoms with Crippen molar-refractivity contribution in [3.05, 3.63) is 35.9 Å². The summed E-state index contributed by atoms with van der Waals surface area (Å²) in [5.41, 5.74) is 7.69. The van der Waals surface area contributed by atoms with E-state index >= 15 is 0 Å². The number of pyridine rings is 1. The van der Waals surface area contributed by atoms with Gasteiger partial charge in [0.1, 0.15) is 5.82 Å². The highest BCUT2D eigenvalue weighted by atomic mass is 16.2. The Hall–Kier alpha value is -2.10. The zero-order chi connectivity index (χ0) is 12.5. The first-order chi connectivity index (χ1) is 8.72. The number of hydrogen-bond acceptors (Lipinski definition) is 3. The number of nitrogens with zero attached hydrogens (tertiary/aromatic N) is 2. The van der Waals surface area contributed by atoms with Gasteiger partial charge in [0.15, 0.2) is 0 Å². The molecule has 4 heteroatoms. The zero-order valence-corrected chi connectivity index (χ0v) is 10.1. The van der Waals surface area contributed by atoms with E-state index in [1.54, 1.807) is 6.07 Å². The molecule has 3 rings (SSSR count). The molecule has 2 aromatic rings. The van der Waals surface area contributed by atoms with Crippen LogP contribution in [0.25, 0.3) is 10.9 Å². The second-order valence-electron chi connectivity index (χ2n) is 4.68. The molecule has 0 spiro atoms. The molecule has 18 heavy (non-hydrogen) atoms. The average Bonchev–Trinajstić information content (AvgIpc) is 2.75. The van der Waals surface area contributed by atoms with Gasteiger partial charge in [-0.15, -0.1) is 0 Å². The maximum absolute atomic E-state index is 11.6. The van der Waals surface area contributed by atoms with Crippen LogP contribution in [0.5, 0.6) is 0 Å². The third-order valence-electron chi connectivity index (χ3n) is 3.32. The van der Waals surface area contributed by atoms with Crippen molar-refractivity contribution in [2.45, 2.75) is 19.4 Å². The highest BCUT2D eigenvalue weighted by molar-refractivity contribution is 5.81. The van der Waals surface area contributed by atoms with Crippen molar-refractivity contribution in [3.63, 3.8) is 0 Å². The van der Waals surface area contributed by atoms with E-state index in [1.807, 2.05) is 23.1 Å². The van der Waals surface area contributed by atoms with Gasteiger partial charge in [-0.1, -0.05) is 6.07 Å². The van der Waals surface area contributed by atoms with E-state index in [1.165, 1.54) is 0 Å². The number of hydrogen-bond donors (Lipinski definition) is 1. The molecule has 1 aromatic carbocycles. The number of anilines is 1. The highest BCUT2D eigenvalue weighted by Crippen LogP contribution is 2.19. The van der Waals surface area contributed by atoms with Crippen molar-refractivity contribution in [3.8, 4) is 0 Å². The molecule has 0 saturated carbocycles. The minimum atomic E-state index is 0.255. The molecule has 0 bridgehead atoms. The number of nitrogen functional groups attached to an aromatic ring is 1. The van der Waals surface area contributed by atoms with Gasteiger partial charge in [-0.25, -0.2) is 4.98 Å². The van der Waals surface area contributed by atoms with Crippen molar-refractivity contribution in [1.82, 2.24) is 9.88 Å². The van der Waals surface area contributed by atoms with Crippen LogP contribution in [0.15, 0.2) is 30.3 Å². The number of carbonyl (C=O) groups excluding carboxylic acids is 1. The molecule has 0 unspecified atom stereocenters. The zero-order valence-electron chi connectivity index (χ0n) is 10.1. The molecule has 1 aliphatic heterocycles. The topological polar surface area (TPSA) is 59.2 Å². The molecule has 1 aliphatic rings. The lowest BCUT2D eigenvalue weighted by Gasteiger charge is -2.15. The molecular weight excluding hydrogens is 226 g/mol. The predicted octanol–water partition coefficient (Wildman–Crippen LogP) is 1.94. The predicted molar refractivity (Wildman–Crippen MR) is 70.8 cm³/mol. The highest BCUT2D eigenvalue weighted by Gasteiger charge is 2.19. The summed E-state index contributed by atoms with van der Waals surface area (Å²) in [5, 5.41) is 1.06. The van der Waals surface area contributed by atoms with E-state index in [2.05, 4.69) is 11.1 Å². The summed E-state index contributed by atoms with van der Waals surface area (Å²) in [5.74, 6) is 0.787. The lowest BCUT2D eigenvalue weighted by atomic mass is 10.1. The van der Waals surface area contributed by atoms with Crippen LogP contribution in [0.4, 0.5) is 5.82 Å². The Labute approximate surface area is 105 Å². The summed E-state index contributed by atoms with van der Waals surface area (Å²) < 4.78 is 0. The van der Waals surface area contributed by atoms with Gasteiger partial charge >= 0.3 is 0 Å². The standard InChI is InChI=1S/C14H15N3O/c15-13-6-4-11-8-10(3-5-12(11)16-13)9-17-7-1-2-14(17)18/h3-6,8H,1-2,7,9H2,(H2,15,16). The lowest BCUT2D eigenvalue weighted by Crippen LogP contribution is -2.23. The number of amides is 1. The van der Waals surface area contributed by atoms with Gasteiger partial charge in [0.05, 0.1) is 5.52 Å². The third kappa shape index (κ3) is 2.01. The van der Waals surface area contributed by atoms with Crippen molar-refractivity contribution in [2.24, 2.45) is 0 Å². The quantitative estimate of drug-likeness (QED) is 0.874. The van der Waals surface area contributed by atoms with Crippen LogP contribution in [-0.4, -0.2) is 22.3 Å². The largest absolute Gasteiger partial charge is 0.384 e. The third-order valence-corrected chi connectivity index (χ3v) is 3.32. The maximum atomic E-state index is 11.6. The summed E-state index contributed by atoms with van der Waals surface area (Å²) in [6, 6.07) is 9.81. The minimum Gasteiger partial charge on any atom is -0.384 e. The first-order valence-electron chi connectivity index (χ1n) is 6.15. The van der Waals surface area contributed by atoms with Crippen LogP contribution in [-0.2, 0) is 11.3 Å². The van der Waals surface area contributed by atoms with Gasteiger partial charge < -0.3 is 10.6 Å². The second kappa shape index (κ2) is 4.29. The van der Waals surface area contributed by atoms with E-state index in [4.69, 9.17) is 5.73 Å². The Bertz CT molecular complexity index is 609. The Morgan fingerprint density at radius 3 is 2.94 bits per heavy atom. The van der Waals surface area contributed by atoms with Crippen LogP contribution in [0.1, 0.15) is 18.4 Å². The van der Waals surface area contributed by atoms with E-state index in [9.17, 15) is 4.79 Å². The van der Waals surface area contributed by atoms with Gasteiger partial charge in [-0.3, -0.25) is 4.79 Å². The summed E-state index contributed by atoms with van der Waals surface area (Å²) >= 11 is 0. The number of rotatable bonds is 2. The number of fused-ring (bicyclic) bond motifs is 1. The summed E-state index contributed by atoms with van der Waals surface area (Å²) in [6.07, 6.45) is 1.66. The number of carbonyl (C=O) groups is 1. The SMILES string of the molecule is Nc1ccc2cc(CN3CCCC3=O)ccc2n1. The lowest BCUT2D eigenvalue weighted by molar-refractivity contribution is -0.128. The van der Waals surface area contributed by atoms with Crippen molar-refractivity contribution < 1.29 is 4.79 Å². The summed E-state index contributed by atoms with van der Waals surface area (Å²) in [4.78, 5) is 17.8. The maximum Gasteiger partial charge on any atom is 0.222 e. The van der Waals surface area contributed by atoms with E-state index < -0.39 is 0 Å². The van der Waals surface area contributed by atoms with Crippen LogP contribution in [0.2, 0.25) is 0 Å². The second-order valence-corrected chi connectivity index (χ2v) is 4.68. The van der Waals surface area contributed by atoms with Gasteiger partial charge in [0.2, 0.25) is 5.91 Å². The van der Waals surface area contributed by atoms with E-state index in [0.29, 0.717) is 18.8 Å². The molecule has 2 N–H and O–H groups in total. The van der Waals surface area contributed by atoms with Gasteiger partial charge in [-0.05, 0) is 36.2 Å². The molecule has 92 valence electrons. The molecule has 1 amide bonds.